The predicted octanol–water partition coefficient (Wildman–Crippen LogP) is 1.94. The summed E-state index contributed by atoms with van der Waals surface area (Å²) in [7, 11) is -3.49. The van der Waals surface area contributed by atoms with E-state index in [9.17, 15) is 13.2 Å². The van der Waals surface area contributed by atoms with Gasteiger partial charge in [0.15, 0.2) is 0 Å². The summed E-state index contributed by atoms with van der Waals surface area (Å²) in [6.45, 7) is 9.20. The number of nitrogens with zero attached hydrogens (tertiary/aromatic N) is 1. The molecule has 0 saturated carbocycles. The summed E-state index contributed by atoms with van der Waals surface area (Å²) < 4.78 is 27.1. The Bertz CT molecular complexity index is 678. The molecule has 146 valence electrons. The molecule has 0 unspecified atom stereocenters. The zero-order chi connectivity index (χ0) is 19.2. The second-order valence-electron chi connectivity index (χ2n) is 7.05. The van der Waals surface area contributed by atoms with E-state index in [1.54, 1.807) is 12.1 Å². The van der Waals surface area contributed by atoms with E-state index >= 15 is 0 Å². The van der Waals surface area contributed by atoms with Crippen molar-refractivity contribution in [1.82, 2.24) is 14.9 Å². The molecule has 1 aromatic rings. The van der Waals surface area contributed by atoms with Crippen LogP contribution < -0.4 is 10.6 Å². The molecule has 7 heteroatoms. The van der Waals surface area contributed by atoms with E-state index in [2.05, 4.69) is 24.5 Å². The van der Waals surface area contributed by atoms with Gasteiger partial charge in [0.1, 0.15) is 0 Å². The molecular weight excluding hydrogens is 350 g/mol. The summed E-state index contributed by atoms with van der Waals surface area (Å²) in [6, 6.07) is 7.12. The molecular formula is C19H31N3O3S. The first kappa shape index (κ1) is 20.9. The van der Waals surface area contributed by atoms with E-state index in [1.165, 1.54) is 4.31 Å². The van der Waals surface area contributed by atoms with Crippen molar-refractivity contribution in [2.75, 3.05) is 32.7 Å². The summed E-state index contributed by atoms with van der Waals surface area (Å²) in [5.74, 6) is 0.293. The summed E-state index contributed by atoms with van der Waals surface area (Å²) in [6.07, 6.45) is 1.13. The van der Waals surface area contributed by atoms with Crippen molar-refractivity contribution in [3.05, 3.63) is 29.8 Å². The second-order valence-corrected chi connectivity index (χ2v) is 8.98. The highest BCUT2D eigenvalue weighted by Gasteiger charge is 2.31. The normalized spacial score (nSPS) is 16.8. The van der Waals surface area contributed by atoms with Gasteiger partial charge < -0.3 is 10.6 Å². The molecule has 1 aliphatic heterocycles. The van der Waals surface area contributed by atoms with Gasteiger partial charge in [0.25, 0.3) is 0 Å². The van der Waals surface area contributed by atoms with E-state index < -0.39 is 10.0 Å². The quantitative estimate of drug-likeness (QED) is 0.675. The first-order valence-electron chi connectivity index (χ1n) is 9.44. The van der Waals surface area contributed by atoms with Crippen LogP contribution in [0.3, 0.4) is 0 Å². The van der Waals surface area contributed by atoms with Gasteiger partial charge in [-0.25, -0.2) is 8.42 Å². The molecule has 0 aliphatic carbocycles. The lowest BCUT2D eigenvalue weighted by atomic mass is 9.97. The molecule has 0 atom stereocenters. The lowest BCUT2D eigenvalue weighted by Gasteiger charge is -2.30. The number of piperidine rings is 1. The fourth-order valence-corrected chi connectivity index (χ4v) is 4.60. The van der Waals surface area contributed by atoms with E-state index in [0.717, 1.165) is 18.7 Å². The van der Waals surface area contributed by atoms with Gasteiger partial charge in [-0.1, -0.05) is 32.9 Å². The van der Waals surface area contributed by atoms with Crippen molar-refractivity contribution in [3.8, 4) is 0 Å². The Balaban J connectivity index is 1.90. The molecule has 6 nitrogen and oxygen atoms in total. The third-order valence-electron chi connectivity index (χ3n) is 4.86. The Morgan fingerprint density at radius 3 is 2.31 bits per heavy atom. The first-order valence-corrected chi connectivity index (χ1v) is 10.9. The molecule has 1 saturated heterocycles. The van der Waals surface area contributed by atoms with Crippen LogP contribution in [0, 0.1) is 5.92 Å². The number of amides is 1. The largest absolute Gasteiger partial charge is 0.355 e. The van der Waals surface area contributed by atoms with Crippen LogP contribution in [0.15, 0.2) is 29.2 Å². The molecule has 0 aromatic heterocycles. The topological polar surface area (TPSA) is 78.5 Å². The van der Waals surface area contributed by atoms with Crippen molar-refractivity contribution in [2.24, 2.45) is 5.92 Å². The lowest BCUT2D eigenvalue weighted by molar-refractivity contribution is -0.126. The third kappa shape index (κ3) is 5.28. The number of hydrogen-bond acceptors (Lipinski definition) is 4. The fourth-order valence-electron chi connectivity index (χ4n) is 3.13. The highest BCUT2D eigenvalue weighted by Crippen LogP contribution is 2.25. The van der Waals surface area contributed by atoms with Gasteiger partial charge in [0.2, 0.25) is 15.9 Å². The molecule has 2 rings (SSSR count). The maximum absolute atomic E-state index is 12.8. The number of nitrogens with one attached hydrogen (secondary N) is 2. The van der Waals surface area contributed by atoms with Crippen LogP contribution in [0.25, 0.3) is 0 Å². The Morgan fingerprint density at radius 1 is 1.15 bits per heavy atom. The maximum Gasteiger partial charge on any atom is 0.243 e. The molecule has 1 heterocycles. The summed E-state index contributed by atoms with van der Waals surface area (Å²) >= 11 is 0. The van der Waals surface area contributed by atoms with Crippen LogP contribution in [0.4, 0.5) is 0 Å². The smallest absolute Gasteiger partial charge is 0.243 e. The van der Waals surface area contributed by atoms with Gasteiger partial charge in [-0.15, -0.1) is 0 Å². The zero-order valence-electron chi connectivity index (χ0n) is 16.0. The number of carbonyl (C=O) groups is 1. The lowest BCUT2D eigenvalue weighted by Crippen LogP contribution is -2.44. The molecule has 1 aliphatic rings. The molecule has 1 aromatic carbocycles. The average molecular weight is 382 g/mol. The highest BCUT2D eigenvalue weighted by molar-refractivity contribution is 7.89. The molecule has 1 amide bonds. The van der Waals surface area contributed by atoms with Crippen molar-refractivity contribution in [1.29, 1.82) is 0 Å². The molecule has 26 heavy (non-hydrogen) atoms. The number of sulfonamides is 1. The van der Waals surface area contributed by atoms with Crippen molar-refractivity contribution < 1.29 is 13.2 Å². The molecule has 1 fully saturated rings. The van der Waals surface area contributed by atoms with Crippen molar-refractivity contribution >= 4 is 15.9 Å². The number of likely N-dealkylation sites (N-methyl/N-ethyl adjacent to an activating group) is 1. The number of benzene rings is 1. The number of rotatable bonds is 8. The molecule has 0 spiro atoms. The van der Waals surface area contributed by atoms with Crippen molar-refractivity contribution in [3.63, 3.8) is 0 Å². The summed E-state index contributed by atoms with van der Waals surface area (Å²) in [5, 5.41) is 6.08. The predicted molar refractivity (Wildman–Crippen MR) is 104 cm³/mol. The number of carbonyl (C=O) groups excluding carboxylic acids is 1. The van der Waals surface area contributed by atoms with Gasteiger partial charge >= 0.3 is 0 Å². The Kier molecular flexibility index (Phi) is 7.61. The molecule has 2 N–H and O–H groups in total. The van der Waals surface area contributed by atoms with Gasteiger partial charge in [-0.3, -0.25) is 4.79 Å². The second kappa shape index (κ2) is 9.48. The van der Waals surface area contributed by atoms with Crippen LogP contribution in [-0.4, -0.2) is 51.4 Å². The van der Waals surface area contributed by atoms with E-state index in [4.69, 9.17) is 0 Å². The highest BCUT2D eigenvalue weighted by atomic mass is 32.2. The minimum Gasteiger partial charge on any atom is -0.355 e. The Morgan fingerprint density at radius 2 is 1.77 bits per heavy atom. The maximum atomic E-state index is 12.8. The van der Waals surface area contributed by atoms with Crippen LogP contribution in [0.5, 0.6) is 0 Å². The third-order valence-corrected chi connectivity index (χ3v) is 6.77. The van der Waals surface area contributed by atoms with Gasteiger partial charge in [0.05, 0.1) is 4.90 Å². The summed E-state index contributed by atoms with van der Waals surface area (Å²) in [5.41, 5.74) is 1.12. The van der Waals surface area contributed by atoms with Crippen molar-refractivity contribution in [2.45, 2.75) is 44.4 Å². The van der Waals surface area contributed by atoms with Gasteiger partial charge in [-0.2, -0.15) is 4.31 Å². The zero-order valence-corrected chi connectivity index (χ0v) is 16.8. The average Bonchev–Trinajstić information content (AvgIpc) is 2.65. The van der Waals surface area contributed by atoms with Gasteiger partial charge in [0, 0.05) is 32.1 Å². The Labute approximate surface area is 157 Å². The standard InChI is InChI=1S/C19H31N3O3S/c1-4-20-11-12-21-19(23)17-9-13-22(14-10-17)26(24,25)18-7-5-16(6-8-18)15(2)3/h5-8,15,17,20H,4,9-14H2,1-3H3,(H,21,23). The first-order chi connectivity index (χ1) is 12.4. The Hall–Kier alpha value is -1.44. The minimum absolute atomic E-state index is 0.0289. The molecule has 0 radical (unpaired) electrons. The number of hydrogen-bond donors (Lipinski definition) is 2. The van der Waals surface area contributed by atoms with Crippen LogP contribution >= 0.6 is 0 Å². The monoisotopic (exact) mass is 381 g/mol. The SMILES string of the molecule is CCNCCNC(=O)C1CCN(S(=O)(=O)c2ccc(C(C)C)cc2)CC1. The van der Waals surface area contributed by atoms with Crippen LogP contribution in [-0.2, 0) is 14.8 Å². The van der Waals surface area contributed by atoms with E-state index in [1.807, 2.05) is 19.1 Å². The van der Waals surface area contributed by atoms with E-state index in [-0.39, 0.29) is 11.8 Å². The molecule has 0 bridgehead atoms. The van der Waals surface area contributed by atoms with Crippen LogP contribution in [0.1, 0.15) is 45.1 Å². The summed E-state index contributed by atoms with van der Waals surface area (Å²) in [4.78, 5) is 12.5. The van der Waals surface area contributed by atoms with E-state index in [0.29, 0.717) is 43.3 Å². The fraction of sp³-hybridized carbons (Fsp3) is 0.632. The van der Waals surface area contributed by atoms with Crippen LogP contribution in [0.2, 0.25) is 0 Å². The minimum atomic E-state index is -3.49. The van der Waals surface area contributed by atoms with Gasteiger partial charge in [-0.05, 0) is 43.0 Å².